The molecule has 0 spiro atoms. The van der Waals surface area contributed by atoms with Crippen LogP contribution in [-0.2, 0) is 9.47 Å². The van der Waals surface area contributed by atoms with Gasteiger partial charge in [-0.15, -0.1) is 0 Å². The minimum atomic E-state index is 0.113. The lowest BCUT2D eigenvalue weighted by atomic mass is 10.2. The second-order valence-electron chi connectivity index (χ2n) is 4.04. The van der Waals surface area contributed by atoms with E-state index in [0.717, 1.165) is 32.1 Å². The third-order valence-electron chi connectivity index (χ3n) is 2.64. The lowest BCUT2D eigenvalue weighted by Crippen LogP contribution is -2.36. The standard InChI is InChI=1S/C11H23NO3/c1-14-9-11(10-3-4-10)12-5-2-7-15-8-6-13/h10-13H,2-9H2,1H3. The Kier molecular flexibility index (Phi) is 6.92. The molecule has 0 bridgehead atoms. The number of hydrogen-bond acceptors (Lipinski definition) is 4. The molecule has 15 heavy (non-hydrogen) atoms. The maximum atomic E-state index is 8.50. The molecule has 1 rings (SSSR count). The van der Waals surface area contributed by atoms with Crippen LogP contribution in [0.15, 0.2) is 0 Å². The van der Waals surface area contributed by atoms with Crippen LogP contribution in [0.4, 0.5) is 0 Å². The van der Waals surface area contributed by atoms with Crippen LogP contribution in [-0.4, -0.2) is 51.2 Å². The van der Waals surface area contributed by atoms with Crippen molar-refractivity contribution in [1.29, 1.82) is 0 Å². The quantitative estimate of drug-likeness (QED) is 0.520. The Bertz CT molecular complexity index is 151. The predicted octanol–water partition coefficient (Wildman–Crippen LogP) is 0.400. The van der Waals surface area contributed by atoms with Gasteiger partial charge in [0.05, 0.1) is 19.8 Å². The lowest BCUT2D eigenvalue weighted by Gasteiger charge is -2.17. The highest BCUT2D eigenvalue weighted by atomic mass is 16.5. The van der Waals surface area contributed by atoms with Crippen molar-refractivity contribution < 1.29 is 14.6 Å². The molecule has 2 N–H and O–H groups in total. The summed E-state index contributed by atoms with van der Waals surface area (Å²) in [6.45, 7) is 3.06. The molecule has 1 fully saturated rings. The van der Waals surface area contributed by atoms with Gasteiger partial charge in [0.25, 0.3) is 0 Å². The van der Waals surface area contributed by atoms with Crippen LogP contribution in [0.2, 0.25) is 0 Å². The molecule has 1 unspecified atom stereocenters. The molecule has 4 nitrogen and oxygen atoms in total. The molecule has 0 amide bonds. The molecule has 0 aromatic carbocycles. The molecule has 1 atom stereocenters. The van der Waals surface area contributed by atoms with Crippen LogP contribution in [0.25, 0.3) is 0 Å². The third kappa shape index (κ3) is 6.10. The first-order chi connectivity index (χ1) is 7.38. The van der Waals surface area contributed by atoms with Crippen molar-refractivity contribution in [1.82, 2.24) is 5.32 Å². The van der Waals surface area contributed by atoms with E-state index < -0.39 is 0 Å². The van der Waals surface area contributed by atoms with Crippen molar-refractivity contribution in [3.8, 4) is 0 Å². The van der Waals surface area contributed by atoms with Gasteiger partial charge < -0.3 is 19.9 Å². The third-order valence-corrected chi connectivity index (χ3v) is 2.64. The number of rotatable bonds is 10. The van der Waals surface area contributed by atoms with E-state index >= 15 is 0 Å². The summed E-state index contributed by atoms with van der Waals surface area (Å²) in [7, 11) is 1.75. The number of nitrogens with one attached hydrogen (secondary N) is 1. The molecule has 90 valence electrons. The Labute approximate surface area is 92.0 Å². The molecule has 0 saturated heterocycles. The van der Waals surface area contributed by atoms with Crippen LogP contribution in [0.1, 0.15) is 19.3 Å². The van der Waals surface area contributed by atoms with Gasteiger partial charge in [-0.1, -0.05) is 0 Å². The summed E-state index contributed by atoms with van der Waals surface area (Å²) in [6, 6.07) is 0.521. The topological polar surface area (TPSA) is 50.7 Å². The summed E-state index contributed by atoms with van der Waals surface area (Å²) < 4.78 is 10.4. The zero-order chi connectivity index (χ0) is 10.9. The summed E-state index contributed by atoms with van der Waals surface area (Å²) in [5.41, 5.74) is 0. The van der Waals surface area contributed by atoms with Gasteiger partial charge in [0, 0.05) is 19.8 Å². The van der Waals surface area contributed by atoms with Gasteiger partial charge in [-0.25, -0.2) is 0 Å². The molecule has 1 aliphatic carbocycles. The SMILES string of the molecule is COCC(NCCCOCCO)C1CC1. The first kappa shape index (κ1) is 12.9. The number of methoxy groups -OCH3 is 1. The van der Waals surface area contributed by atoms with E-state index in [1.54, 1.807) is 7.11 Å². The largest absolute Gasteiger partial charge is 0.394 e. The van der Waals surface area contributed by atoms with Gasteiger partial charge in [0.15, 0.2) is 0 Å². The molecule has 4 heteroatoms. The Hall–Kier alpha value is -0.160. The second kappa shape index (κ2) is 8.05. The molecule has 1 aliphatic rings. The minimum absolute atomic E-state index is 0.113. The van der Waals surface area contributed by atoms with Gasteiger partial charge >= 0.3 is 0 Å². The molecule has 0 aromatic rings. The number of ether oxygens (including phenoxy) is 2. The van der Waals surface area contributed by atoms with Crippen molar-refractivity contribution in [2.75, 3.05) is 40.1 Å². The average Bonchev–Trinajstić information content (AvgIpc) is 3.05. The van der Waals surface area contributed by atoms with E-state index in [4.69, 9.17) is 14.6 Å². The summed E-state index contributed by atoms with van der Waals surface area (Å²) in [4.78, 5) is 0. The number of aliphatic hydroxyl groups is 1. The minimum Gasteiger partial charge on any atom is -0.394 e. The van der Waals surface area contributed by atoms with E-state index in [1.165, 1.54) is 12.8 Å². The summed E-state index contributed by atoms with van der Waals surface area (Å²) >= 11 is 0. The van der Waals surface area contributed by atoms with Crippen LogP contribution in [0.3, 0.4) is 0 Å². The van der Waals surface area contributed by atoms with E-state index in [1.807, 2.05) is 0 Å². The Morgan fingerprint density at radius 1 is 1.40 bits per heavy atom. The first-order valence-corrected chi connectivity index (χ1v) is 5.79. The fraction of sp³-hybridized carbons (Fsp3) is 1.00. The summed E-state index contributed by atoms with van der Waals surface area (Å²) in [5.74, 6) is 0.823. The monoisotopic (exact) mass is 217 g/mol. The van der Waals surface area contributed by atoms with Crippen molar-refractivity contribution in [3.05, 3.63) is 0 Å². The summed E-state index contributed by atoms with van der Waals surface area (Å²) in [6.07, 6.45) is 3.66. The molecule has 0 radical (unpaired) electrons. The molecule has 0 heterocycles. The molecule has 1 saturated carbocycles. The molecular formula is C11H23NO3. The maximum Gasteiger partial charge on any atom is 0.0697 e. The highest BCUT2D eigenvalue weighted by Gasteiger charge is 2.30. The van der Waals surface area contributed by atoms with Gasteiger partial charge in [-0.05, 0) is 31.7 Å². The van der Waals surface area contributed by atoms with E-state index in [0.29, 0.717) is 12.6 Å². The zero-order valence-corrected chi connectivity index (χ0v) is 9.58. The van der Waals surface area contributed by atoms with E-state index in [9.17, 15) is 0 Å². The molecule has 0 aliphatic heterocycles. The smallest absolute Gasteiger partial charge is 0.0697 e. The van der Waals surface area contributed by atoms with Crippen LogP contribution in [0.5, 0.6) is 0 Å². The first-order valence-electron chi connectivity index (χ1n) is 5.79. The summed E-state index contributed by atoms with van der Waals surface area (Å²) in [5, 5.41) is 12.0. The maximum absolute atomic E-state index is 8.50. The fourth-order valence-corrected chi connectivity index (χ4v) is 1.67. The highest BCUT2D eigenvalue weighted by Crippen LogP contribution is 2.32. The van der Waals surface area contributed by atoms with Gasteiger partial charge in [0.1, 0.15) is 0 Å². The Morgan fingerprint density at radius 3 is 2.80 bits per heavy atom. The normalized spacial score (nSPS) is 18.0. The van der Waals surface area contributed by atoms with E-state index in [2.05, 4.69) is 5.32 Å². The highest BCUT2D eigenvalue weighted by molar-refractivity contribution is 4.86. The van der Waals surface area contributed by atoms with Crippen LogP contribution in [0, 0.1) is 5.92 Å². The average molecular weight is 217 g/mol. The Morgan fingerprint density at radius 2 is 2.20 bits per heavy atom. The fourth-order valence-electron chi connectivity index (χ4n) is 1.67. The van der Waals surface area contributed by atoms with Crippen LogP contribution >= 0.6 is 0 Å². The number of aliphatic hydroxyl groups excluding tert-OH is 1. The van der Waals surface area contributed by atoms with Gasteiger partial charge in [-0.3, -0.25) is 0 Å². The number of hydrogen-bond donors (Lipinski definition) is 2. The van der Waals surface area contributed by atoms with Gasteiger partial charge in [-0.2, -0.15) is 0 Å². The van der Waals surface area contributed by atoms with Crippen molar-refractivity contribution in [2.45, 2.75) is 25.3 Å². The van der Waals surface area contributed by atoms with E-state index in [-0.39, 0.29) is 6.61 Å². The predicted molar refractivity (Wildman–Crippen MR) is 58.9 cm³/mol. The van der Waals surface area contributed by atoms with Crippen LogP contribution < -0.4 is 5.32 Å². The Balaban J connectivity index is 1.92. The van der Waals surface area contributed by atoms with Crippen molar-refractivity contribution in [2.24, 2.45) is 5.92 Å². The molecular weight excluding hydrogens is 194 g/mol. The van der Waals surface area contributed by atoms with Crippen molar-refractivity contribution in [3.63, 3.8) is 0 Å². The van der Waals surface area contributed by atoms with Crippen molar-refractivity contribution >= 4 is 0 Å². The lowest BCUT2D eigenvalue weighted by molar-refractivity contribution is 0.0890. The zero-order valence-electron chi connectivity index (χ0n) is 9.58. The van der Waals surface area contributed by atoms with Gasteiger partial charge in [0.2, 0.25) is 0 Å². The molecule has 0 aromatic heterocycles. The second-order valence-corrected chi connectivity index (χ2v) is 4.04.